The predicted molar refractivity (Wildman–Crippen MR) is 190 cm³/mol. The maximum atomic E-state index is 14.4. The number of benzene rings is 2. The van der Waals surface area contributed by atoms with Crippen LogP contribution in [0.25, 0.3) is 16.6 Å². The lowest BCUT2D eigenvalue weighted by Gasteiger charge is -2.36. The van der Waals surface area contributed by atoms with Crippen molar-refractivity contribution in [2.75, 3.05) is 13.1 Å². The second-order valence-electron chi connectivity index (χ2n) is 13.6. The van der Waals surface area contributed by atoms with E-state index < -0.39 is 11.7 Å². The Hall–Kier alpha value is -5.13. The molecule has 1 saturated heterocycles. The topological polar surface area (TPSA) is 113 Å². The van der Waals surface area contributed by atoms with Crippen LogP contribution in [-0.2, 0) is 6.54 Å². The van der Waals surface area contributed by atoms with E-state index in [1.807, 2.05) is 36.4 Å². The van der Waals surface area contributed by atoms with Crippen LogP contribution >= 0.6 is 0 Å². The lowest BCUT2D eigenvalue weighted by atomic mass is 9.91. The number of carbonyl (C=O) groups excluding carboxylic acids is 2. The number of piperazine rings is 1. The van der Waals surface area contributed by atoms with Gasteiger partial charge in [0.1, 0.15) is 17.1 Å². The number of carbonyl (C=O) groups is 2. The van der Waals surface area contributed by atoms with Gasteiger partial charge in [-0.25, -0.2) is 13.9 Å². The Bertz CT molecular complexity index is 1930. The average Bonchev–Trinajstić information content (AvgIpc) is 3.55. The maximum absolute atomic E-state index is 14.4. The molecule has 1 aliphatic heterocycles. The molecule has 7 rings (SSSR count). The fourth-order valence-electron chi connectivity index (χ4n) is 7.11. The van der Waals surface area contributed by atoms with Gasteiger partial charge in [-0.3, -0.25) is 14.5 Å². The van der Waals surface area contributed by atoms with Crippen LogP contribution in [-0.4, -0.2) is 68.6 Å². The van der Waals surface area contributed by atoms with E-state index in [0.29, 0.717) is 49.2 Å². The van der Waals surface area contributed by atoms with Gasteiger partial charge in [-0.15, -0.1) is 0 Å². The van der Waals surface area contributed by atoms with Crippen molar-refractivity contribution in [3.63, 3.8) is 0 Å². The molecule has 0 radical (unpaired) electrons. The Morgan fingerprint density at radius 1 is 0.860 bits per heavy atom. The second kappa shape index (κ2) is 14.8. The first-order valence-electron chi connectivity index (χ1n) is 17.3. The number of fused-ring (bicyclic) bond motifs is 1. The van der Waals surface area contributed by atoms with Crippen molar-refractivity contribution in [1.82, 2.24) is 35.4 Å². The average molecular weight is 676 g/mol. The molecule has 1 aliphatic carbocycles. The van der Waals surface area contributed by atoms with E-state index in [-0.39, 0.29) is 29.4 Å². The van der Waals surface area contributed by atoms with E-state index in [4.69, 9.17) is 4.74 Å². The van der Waals surface area contributed by atoms with Gasteiger partial charge in [0.25, 0.3) is 11.8 Å². The summed E-state index contributed by atoms with van der Waals surface area (Å²) in [5.74, 6) is -0.775. The number of halogens is 1. The molecule has 2 fully saturated rings. The number of rotatable bonds is 9. The third-order valence-electron chi connectivity index (χ3n) is 9.44. The van der Waals surface area contributed by atoms with Gasteiger partial charge in [0, 0.05) is 50.0 Å². The van der Waals surface area contributed by atoms with Crippen molar-refractivity contribution in [3.05, 3.63) is 114 Å². The Kier molecular flexibility index (Phi) is 9.86. The molecular weight excluding hydrogens is 633 g/mol. The van der Waals surface area contributed by atoms with E-state index in [1.165, 1.54) is 5.56 Å². The van der Waals surface area contributed by atoms with E-state index in [2.05, 4.69) is 69.0 Å². The van der Waals surface area contributed by atoms with Crippen LogP contribution in [0.15, 0.2) is 91.3 Å². The molecule has 258 valence electrons. The van der Waals surface area contributed by atoms with Gasteiger partial charge in [0.15, 0.2) is 5.69 Å². The highest BCUT2D eigenvalue weighted by Gasteiger charge is 2.27. The van der Waals surface area contributed by atoms with Crippen LogP contribution in [0.4, 0.5) is 4.39 Å². The first-order valence-corrected chi connectivity index (χ1v) is 17.3. The summed E-state index contributed by atoms with van der Waals surface area (Å²) in [6.07, 6.45) is 5.56. The van der Waals surface area contributed by atoms with Crippen molar-refractivity contribution in [3.8, 4) is 22.8 Å². The van der Waals surface area contributed by atoms with Gasteiger partial charge in [-0.2, -0.15) is 5.10 Å². The zero-order valence-corrected chi connectivity index (χ0v) is 28.3. The SMILES string of the molecule is C[C@@H]1CN(Cc2ccc(-c3cccc(Oc4ncc(F)cc4C(=O)N[C@H]4CC[C@H](NC(=O)c5cc6ccccn6n5)CC4)c3)cc2)C[C@H](C)N1. The largest absolute Gasteiger partial charge is 0.438 e. The number of ether oxygens (including phenoxy) is 1. The molecule has 1 saturated carbocycles. The first-order chi connectivity index (χ1) is 24.3. The quantitative estimate of drug-likeness (QED) is 0.176. The van der Waals surface area contributed by atoms with Crippen LogP contribution in [0.5, 0.6) is 11.6 Å². The van der Waals surface area contributed by atoms with Gasteiger partial charge in [0.05, 0.1) is 11.7 Å². The van der Waals surface area contributed by atoms with Gasteiger partial charge in [0.2, 0.25) is 5.88 Å². The molecule has 50 heavy (non-hydrogen) atoms. The summed E-state index contributed by atoms with van der Waals surface area (Å²) in [5, 5.41) is 14.0. The minimum atomic E-state index is -0.626. The highest BCUT2D eigenvalue weighted by atomic mass is 19.1. The fraction of sp³-hybridized carbons (Fsp3) is 0.333. The number of aromatic nitrogens is 3. The fourth-order valence-corrected chi connectivity index (χ4v) is 7.11. The summed E-state index contributed by atoms with van der Waals surface area (Å²) in [4.78, 5) is 32.9. The summed E-state index contributed by atoms with van der Waals surface area (Å²) in [7, 11) is 0. The lowest BCUT2D eigenvalue weighted by molar-refractivity contribution is 0.0887. The molecule has 2 atom stereocenters. The predicted octanol–water partition coefficient (Wildman–Crippen LogP) is 5.98. The van der Waals surface area contributed by atoms with Crippen LogP contribution in [0.1, 0.15) is 65.9 Å². The molecule has 5 aromatic rings. The molecule has 10 nitrogen and oxygen atoms in total. The standard InChI is InChI=1S/C39H42FN7O3/c1-25-22-46(23-26(2)42-25)24-27-9-11-28(12-10-27)29-6-5-8-34(18-29)50-39-35(19-30(40)21-41-39)37(48)43-31-13-15-32(16-14-31)44-38(49)36-20-33-7-3-4-17-47(33)45-36/h3-12,17-21,25-26,31-32,42H,13-16,22-24H2,1-2H3,(H,43,48)(H,44,49)/t25-,26+,31-,32-. The molecule has 4 heterocycles. The second-order valence-corrected chi connectivity index (χ2v) is 13.6. The van der Waals surface area contributed by atoms with Crippen molar-refractivity contribution in [2.45, 2.75) is 70.2 Å². The smallest absolute Gasteiger partial charge is 0.272 e. The van der Waals surface area contributed by atoms with Crippen LogP contribution < -0.4 is 20.7 Å². The van der Waals surface area contributed by atoms with Crippen LogP contribution in [0.2, 0.25) is 0 Å². The van der Waals surface area contributed by atoms with Gasteiger partial charge < -0.3 is 20.7 Å². The number of amides is 2. The summed E-state index contributed by atoms with van der Waals surface area (Å²) < 4.78 is 22.1. The van der Waals surface area contributed by atoms with Crippen molar-refractivity contribution < 1.29 is 18.7 Å². The van der Waals surface area contributed by atoms with Gasteiger partial charge in [-0.05, 0) is 92.6 Å². The lowest BCUT2D eigenvalue weighted by Crippen LogP contribution is -2.53. The highest BCUT2D eigenvalue weighted by molar-refractivity contribution is 5.96. The third-order valence-corrected chi connectivity index (χ3v) is 9.44. The van der Waals surface area contributed by atoms with E-state index in [9.17, 15) is 14.0 Å². The molecule has 2 aromatic carbocycles. The molecule has 2 amide bonds. The third kappa shape index (κ3) is 8.01. The van der Waals surface area contributed by atoms with Crippen LogP contribution in [0, 0.1) is 5.82 Å². The summed E-state index contributed by atoms with van der Waals surface area (Å²) >= 11 is 0. The minimum absolute atomic E-state index is 0.0265. The molecule has 0 spiro atoms. The molecular formula is C39H42FN7O3. The Balaban J connectivity index is 0.952. The number of nitrogens with one attached hydrogen (secondary N) is 3. The molecule has 3 aromatic heterocycles. The summed E-state index contributed by atoms with van der Waals surface area (Å²) in [5.41, 5.74) is 4.50. The zero-order chi connectivity index (χ0) is 34.6. The monoisotopic (exact) mass is 675 g/mol. The van der Waals surface area contributed by atoms with E-state index in [1.54, 1.807) is 22.8 Å². The van der Waals surface area contributed by atoms with Crippen molar-refractivity contribution in [2.24, 2.45) is 0 Å². The number of nitrogens with zero attached hydrogens (tertiary/aromatic N) is 4. The number of hydrogen-bond acceptors (Lipinski definition) is 7. The Morgan fingerprint density at radius 3 is 2.30 bits per heavy atom. The number of pyridine rings is 2. The highest BCUT2D eigenvalue weighted by Crippen LogP contribution is 2.29. The van der Waals surface area contributed by atoms with Crippen LogP contribution in [0.3, 0.4) is 0 Å². The normalized spacial score (nSPS) is 21.1. The Labute approximate surface area is 291 Å². The molecule has 11 heteroatoms. The van der Waals surface area contributed by atoms with Gasteiger partial charge >= 0.3 is 0 Å². The maximum Gasteiger partial charge on any atom is 0.272 e. The van der Waals surface area contributed by atoms with Crippen molar-refractivity contribution >= 4 is 17.3 Å². The molecule has 3 N–H and O–H groups in total. The molecule has 0 unspecified atom stereocenters. The summed E-state index contributed by atoms with van der Waals surface area (Å²) in [6, 6.07) is 25.5. The number of hydrogen-bond donors (Lipinski definition) is 3. The first kappa shape index (κ1) is 33.4. The Morgan fingerprint density at radius 2 is 1.58 bits per heavy atom. The zero-order valence-electron chi connectivity index (χ0n) is 28.3. The summed E-state index contributed by atoms with van der Waals surface area (Å²) in [6.45, 7) is 7.39. The van der Waals surface area contributed by atoms with E-state index in [0.717, 1.165) is 48.5 Å². The molecule has 2 aliphatic rings. The van der Waals surface area contributed by atoms with Gasteiger partial charge in [-0.1, -0.05) is 42.5 Å². The van der Waals surface area contributed by atoms with Crippen molar-refractivity contribution in [1.29, 1.82) is 0 Å². The minimum Gasteiger partial charge on any atom is -0.438 e. The van der Waals surface area contributed by atoms with E-state index >= 15 is 0 Å². The molecule has 0 bridgehead atoms.